The highest BCUT2D eigenvalue weighted by Crippen LogP contribution is 2.22. The minimum absolute atomic E-state index is 0.566. The molecule has 0 aromatic heterocycles. The second-order valence-corrected chi connectivity index (χ2v) is 4.80. The van der Waals surface area contributed by atoms with Gasteiger partial charge in [-0.1, -0.05) is 19.9 Å². The zero-order chi connectivity index (χ0) is 11.1. The van der Waals surface area contributed by atoms with Crippen molar-refractivity contribution >= 4 is 11.8 Å². The number of rotatable bonds is 6. The van der Waals surface area contributed by atoms with Gasteiger partial charge in [-0.3, -0.25) is 0 Å². The lowest BCUT2D eigenvalue weighted by Crippen LogP contribution is -2.24. The number of ether oxygens (including phenoxy) is 1. The molecule has 2 nitrogen and oxygen atoms in total. The molecule has 1 aromatic carbocycles. The van der Waals surface area contributed by atoms with E-state index in [0.717, 1.165) is 18.0 Å². The minimum atomic E-state index is 0.566. The number of hydrogen-bond acceptors (Lipinski definition) is 3. The lowest BCUT2D eigenvalue weighted by Gasteiger charge is -2.08. The van der Waals surface area contributed by atoms with Gasteiger partial charge in [0.05, 0.1) is 7.11 Å². The van der Waals surface area contributed by atoms with Crippen LogP contribution in [0.15, 0.2) is 29.2 Å². The van der Waals surface area contributed by atoms with E-state index in [2.05, 4.69) is 31.3 Å². The van der Waals surface area contributed by atoms with Crippen LogP contribution in [0.2, 0.25) is 0 Å². The van der Waals surface area contributed by atoms with Crippen LogP contribution >= 0.6 is 11.8 Å². The molecule has 0 saturated carbocycles. The summed E-state index contributed by atoms with van der Waals surface area (Å²) in [4.78, 5) is 1.26. The number of hydrogen-bond donors (Lipinski definition) is 1. The van der Waals surface area contributed by atoms with Gasteiger partial charge in [0, 0.05) is 23.2 Å². The first-order chi connectivity index (χ1) is 7.22. The Morgan fingerprint density at radius 2 is 2.20 bits per heavy atom. The molecule has 0 aliphatic rings. The van der Waals surface area contributed by atoms with Gasteiger partial charge < -0.3 is 10.1 Å². The fourth-order valence-corrected chi connectivity index (χ4v) is 2.04. The fraction of sp³-hybridized carbons (Fsp3) is 0.500. The Hall–Kier alpha value is -0.670. The first-order valence-electron chi connectivity index (χ1n) is 5.22. The summed E-state index contributed by atoms with van der Waals surface area (Å²) in [5.41, 5.74) is 0. The smallest absolute Gasteiger partial charge is 0.119 e. The third-order valence-electron chi connectivity index (χ3n) is 1.96. The maximum Gasteiger partial charge on any atom is 0.119 e. The average Bonchev–Trinajstić information content (AvgIpc) is 2.24. The molecule has 0 amide bonds. The fourth-order valence-electron chi connectivity index (χ4n) is 1.21. The number of nitrogens with one attached hydrogen (secondary N) is 1. The highest BCUT2D eigenvalue weighted by Gasteiger charge is 1.97. The molecule has 0 heterocycles. The maximum absolute atomic E-state index is 5.17. The molecule has 0 aliphatic heterocycles. The van der Waals surface area contributed by atoms with E-state index in [1.807, 2.05) is 23.9 Å². The summed E-state index contributed by atoms with van der Waals surface area (Å²) in [5.74, 6) is 2.02. The summed E-state index contributed by atoms with van der Waals surface area (Å²) in [6.07, 6.45) is 0. The first kappa shape index (κ1) is 12.4. The number of benzene rings is 1. The largest absolute Gasteiger partial charge is 0.497 e. The number of methoxy groups -OCH3 is 1. The van der Waals surface area contributed by atoms with Crippen LogP contribution in [0.3, 0.4) is 0 Å². The van der Waals surface area contributed by atoms with Crippen molar-refractivity contribution in [2.45, 2.75) is 24.8 Å². The summed E-state index contributed by atoms with van der Waals surface area (Å²) >= 11 is 1.85. The Morgan fingerprint density at radius 1 is 1.40 bits per heavy atom. The van der Waals surface area contributed by atoms with Crippen molar-refractivity contribution in [3.63, 3.8) is 0 Å². The summed E-state index contributed by atoms with van der Waals surface area (Å²) in [7, 11) is 1.70. The monoisotopic (exact) mass is 225 g/mol. The van der Waals surface area contributed by atoms with Crippen LogP contribution in [0, 0.1) is 0 Å². The van der Waals surface area contributed by atoms with Crippen molar-refractivity contribution in [1.29, 1.82) is 0 Å². The number of thioether (sulfide) groups is 1. The van der Waals surface area contributed by atoms with E-state index >= 15 is 0 Å². The van der Waals surface area contributed by atoms with Crippen LogP contribution in [0.25, 0.3) is 0 Å². The zero-order valence-electron chi connectivity index (χ0n) is 9.62. The predicted octanol–water partition coefficient (Wildman–Crippen LogP) is 2.79. The standard InChI is InChI=1S/C12H19NOS/c1-10(2)13-7-8-15-12-6-4-5-11(9-12)14-3/h4-6,9-10,13H,7-8H2,1-3H3. The molecule has 0 spiro atoms. The van der Waals surface area contributed by atoms with E-state index in [9.17, 15) is 0 Å². The van der Waals surface area contributed by atoms with Gasteiger partial charge in [0.15, 0.2) is 0 Å². The molecule has 15 heavy (non-hydrogen) atoms. The second kappa shape index (κ2) is 6.75. The van der Waals surface area contributed by atoms with Crippen LogP contribution in [-0.2, 0) is 0 Å². The lowest BCUT2D eigenvalue weighted by molar-refractivity contribution is 0.413. The van der Waals surface area contributed by atoms with E-state index in [-0.39, 0.29) is 0 Å². The van der Waals surface area contributed by atoms with E-state index in [1.54, 1.807) is 7.11 Å². The van der Waals surface area contributed by atoms with Crippen molar-refractivity contribution in [3.05, 3.63) is 24.3 Å². The summed E-state index contributed by atoms with van der Waals surface area (Å²) in [6, 6.07) is 8.74. The highest BCUT2D eigenvalue weighted by molar-refractivity contribution is 7.99. The Bertz CT molecular complexity index is 289. The maximum atomic E-state index is 5.17. The summed E-state index contributed by atoms with van der Waals surface area (Å²) in [5, 5.41) is 3.39. The van der Waals surface area contributed by atoms with Crippen molar-refractivity contribution in [3.8, 4) is 5.75 Å². The second-order valence-electron chi connectivity index (χ2n) is 3.64. The van der Waals surface area contributed by atoms with E-state index in [0.29, 0.717) is 6.04 Å². The van der Waals surface area contributed by atoms with Gasteiger partial charge in [0.2, 0.25) is 0 Å². The predicted molar refractivity (Wildman–Crippen MR) is 66.9 cm³/mol. The van der Waals surface area contributed by atoms with Gasteiger partial charge in [-0.25, -0.2) is 0 Å². The molecule has 0 fully saturated rings. The molecule has 1 aromatic rings. The van der Waals surface area contributed by atoms with Gasteiger partial charge in [-0.15, -0.1) is 11.8 Å². The zero-order valence-corrected chi connectivity index (χ0v) is 10.4. The summed E-state index contributed by atoms with van der Waals surface area (Å²) < 4.78 is 5.17. The van der Waals surface area contributed by atoms with Gasteiger partial charge in [-0.05, 0) is 18.2 Å². The van der Waals surface area contributed by atoms with E-state index in [1.165, 1.54) is 4.90 Å². The molecular formula is C12H19NOS. The van der Waals surface area contributed by atoms with Crippen molar-refractivity contribution in [2.75, 3.05) is 19.4 Å². The SMILES string of the molecule is COc1cccc(SCCNC(C)C)c1. The molecule has 0 radical (unpaired) electrons. The van der Waals surface area contributed by atoms with Crippen molar-refractivity contribution in [1.82, 2.24) is 5.32 Å². The topological polar surface area (TPSA) is 21.3 Å². The Labute approximate surface area is 96.4 Å². The first-order valence-corrected chi connectivity index (χ1v) is 6.21. The molecule has 0 bridgehead atoms. The van der Waals surface area contributed by atoms with Crippen molar-refractivity contribution < 1.29 is 4.74 Å². The van der Waals surface area contributed by atoms with Crippen LogP contribution < -0.4 is 10.1 Å². The quantitative estimate of drug-likeness (QED) is 0.594. The molecule has 1 N–H and O–H groups in total. The van der Waals surface area contributed by atoms with Gasteiger partial charge in [0.25, 0.3) is 0 Å². The molecular weight excluding hydrogens is 206 g/mol. The average molecular weight is 225 g/mol. The Balaban J connectivity index is 2.30. The van der Waals surface area contributed by atoms with E-state index in [4.69, 9.17) is 4.74 Å². The molecule has 84 valence electrons. The summed E-state index contributed by atoms with van der Waals surface area (Å²) in [6.45, 7) is 5.37. The van der Waals surface area contributed by atoms with Gasteiger partial charge in [-0.2, -0.15) is 0 Å². The normalized spacial score (nSPS) is 10.7. The molecule has 3 heteroatoms. The molecule has 0 unspecified atom stereocenters. The van der Waals surface area contributed by atoms with Crippen LogP contribution in [0.4, 0.5) is 0 Å². The minimum Gasteiger partial charge on any atom is -0.497 e. The highest BCUT2D eigenvalue weighted by atomic mass is 32.2. The molecule has 1 rings (SSSR count). The third kappa shape index (κ3) is 5.09. The molecule has 0 saturated heterocycles. The van der Waals surface area contributed by atoms with Crippen LogP contribution in [-0.4, -0.2) is 25.4 Å². The van der Waals surface area contributed by atoms with E-state index < -0.39 is 0 Å². The lowest BCUT2D eigenvalue weighted by atomic mass is 10.3. The van der Waals surface area contributed by atoms with Crippen molar-refractivity contribution in [2.24, 2.45) is 0 Å². The molecule has 0 aliphatic carbocycles. The van der Waals surface area contributed by atoms with Gasteiger partial charge >= 0.3 is 0 Å². The third-order valence-corrected chi connectivity index (χ3v) is 2.96. The molecule has 0 atom stereocenters. The van der Waals surface area contributed by atoms with Crippen LogP contribution in [0.1, 0.15) is 13.8 Å². The Kier molecular flexibility index (Phi) is 5.58. The van der Waals surface area contributed by atoms with Gasteiger partial charge in [0.1, 0.15) is 5.75 Å². The Morgan fingerprint density at radius 3 is 2.87 bits per heavy atom. The van der Waals surface area contributed by atoms with Crippen LogP contribution in [0.5, 0.6) is 5.75 Å².